The summed E-state index contributed by atoms with van der Waals surface area (Å²) in [6, 6.07) is 9.03. The number of rotatable bonds is 7. The quantitative estimate of drug-likeness (QED) is 0.744. The first-order chi connectivity index (χ1) is 14.8. The van der Waals surface area contributed by atoms with Crippen LogP contribution in [-0.4, -0.2) is 66.4 Å². The summed E-state index contributed by atoms with van der Waals surface area (Å²) >= 11 is 0. The largest absolute Gasteiger partial charge is 0.467 e. The molecule has 2 aromatic rings. The SMILES string of the molecule is COc1nc(NCc2cccc(CN3CCOCC3)c2)nc(N2CCCCCC2)n1. The molecule has 1 N–H and O–H groups in total. The molecule has 8 heteroatoms. The van der Waals surface area contributed by atoms with Gasteiger partial charge in [0.25, 0.3) is 0 Å². The van der Waals surface area contributed by atoms with E-state index in [1.54, 1.807) is 7.11 Å². The number of benzene rings is 1. The fourth-order valence-electron chi connectivity index (χ4n) is 3.96. The van der Waals surface area contributed by atoms with Crippen molar-refractivity contribution < 1.29 is 9.47 Å². The molecule has 0 amide bonds. The first-order valence-electron chi connectivity index (χ1n) is 11.0. The fraction of sp³-hybridized carbons (Fsp3) is 0.591. The molecule has 0 bridgehead atoms. The highest BCUT2D eigenvalue weighted by Crippen LogP contribution is 2.19. The van der Waals surface area contributed by atoms with Crippen LogP contribution in [0.4, 0.5) is 11.9 Å². The average Bonchev–Trinajstić information content (AvgIpc) is 3.08. The number of morpholine rings is 1. The number of hydrogen-bond donors (Lipinski definition) is 1. The van der Waals surface area contributed by atoms with Gasteiger partial charge in [-0.05, 0) is 24.0 Å². The third-order valence-corrected chi connectivity index (χ3v) is 5.63. The average molecular weight is 413 g/mol. The Balaban J connectivity index is 1.41. The number of anilines is 2. The minimum Gasteiger partial charge on any atom is -0.467 e. The van der Waals surface area contributed by atoms with Gasteiger partial charge in [0, 0.05) is 39.3 Å². The molecule has 0 atom stereocenters. The van der Waals surface area contributed by atoms with Crippen LogP contribution >= 0.6 is 0 Å². The van der Waals surface area contributed by atoms with Crippen molar-refractivity contribution in [1.82, 2.24) is 19.9 Å². The lowest BCUT2D eigenvalue weighted by Gasteiger charge is -2.26. The van der Waals surface area contributed by atoms with Crippen LogP contribution in [-0.2, 0) is 17.8 Å². The van der Waals surface area contributed by atoms with Gasteiger partial charge in [-0.3, -0.25) is 4.90 Å². The van der Waals surface area contributed by atoms with E-state index in [1.807, 2.05) is 0 Å². The minimum absolute atomic E-state index is 0.354. The molecule has 2 aliphatic rings. The standard InChI is InChI=1S/C22H32N6O2/c1-29-22-25-20(24-21(26-22)28-9-4-2-3-5-10-28)23-16-18-7-6-8-19(15-18)17-27-11-13-30-14-12-27/h6-8,15H,2-5,9-14,16-17H2,1H3,(H,23,24,25,26). The Morgan fingerprint density at radius 1 is 0.967 bits per heavy atom. The monoisotopic (exact) mass is 412 g/mol. The van der Waals surface area contributed by atoms with Crippen molar-refractivity contribution in [1.29, 1.82) is 0 Å². The molecule has 2 aliphatic heterocycles. The maximum absolute atomic E-state index is 5.44. The van der Waals surface area contributed by atoms with Gasteiger partial charge in [0.1, 0.15) is 0 Å². The van der Waals surface area contributed by atoms with Crippen LogP contribution in [0.1, 0.15) is 36.8 Å². The normalized spacial score (nSPS) is 18.1. The highest BCUT2D eigenvalue weighted by molar-refractivity contribution is 5.39. The molecule has 0 unspecified atom stereocenters. The van der Waals surface area contributed by atoms with Crippen molar-refractivity contribution in [2.24, 2.45) is 0 Å². The fourth-order valence-corrected chi connectivity index (χ4v) is 3.96. The van der Waals surface area contributed by atoms with Crippen LogP contribution in [0.2, 0.25) is 0 Å². The zero-order valence-electron chi connectivity index (χ0n) is 17.8. The van der Waals surface area contributed by atoms with Crippen molar-refractivity contribution in [3.8, 4) is 6.01 Å². The molecule has 30 heavy (non-hydrogen) atoms. The molecule has 162 valence electrons. The van der Waals surface area contributed by atoms with Gasteiger partial charge >= 0.3 is 6.01 Å². The van der Waals surface area contributed by atoms with Crippen LogP contribution in [0.25, 0.3) is 0 Å². The van der Waals surface area contributed by atoms with Crippen LogP contribution in [0.5, 0.6) is 6.01 Å². The number of ether oxygens (including phenoxy) is 2. The molecule has 0 saturated carbocycles. The predicted molar refractivity (Wildman–Crippen MR) is 117 cm³/mol. The van der Waals surface area contributed by atoms with Crippen LogP contribution < -0.4 is 15.0 Å². The Kier molecular flexibility index (Phi) is 7.31. The first kappa shape index (κ1) is 20.8. The highest BCUT2D eigenvalue weighted by atomic mass is 16.5. The zero-order chi connectivity index (χ0) is 20.6. The summed E-state index contributed by atoms with van der Waals surface area (Å²) in [6.07, 6.45) is 4.88. The molecule has 1 aromatic heterocycles. The second-order valence-electron chi connectivity index (χ2n) is 7.91. The topological polar surface area (TPSA) is 75.6 Å². The predicted octanol–water partition coefficient (Wildman–Crippen LogP) is 2.70. The second-order valence-corrected chi connectivity index (χ2v) is 7.91. The molecule has 0 radical (unpaired) electrons. The second kappa shape index (κ2) is 10.5. The lowest BCUT2D eigenvalue weighted by molar-refractivity contribution is 0.0342. The van der Waals surface area contributed by atoms with Gasteiger partial charge < -0.3 is 19.7 Å². The first-order valence-corrected chi connectivity index (χ1v) is 11.0. The Hall–Kier alpha value is -2.45. The van der Waals surface area contributed by atoms with Crippen LogP contribution in [0.15, 0.2) is 24.3 Å². The van der Waals surface area contributed by atoms with Crippen molar-refractivity contribution >= 4 is 11.9 Å². The van der Waals surface area contributed by atoms with E-state index in [1.165, 1.54) is 36.8 Å². The molecule has 2 fully saturated rings. The van der Waals surface area contributed by atoms with Gasteiger partial charge in [0.05, 0.1) is 20.3 Å². The van der Waals surface area contributed by atoms with Crippen LogP contribution in [0.3, 0.4) is 0 Å². The van der Waals surface area contributed by atoms with E-state index in [-0.39, 0.29) is 0 Å². The number of aromatic nitrogens is 3. The van der Waals surface area contributed by atoms with E-state index in [9.17, 15) is 0 Å². The van der Waals surface area contributed by atoms with E-state index in [0.29, 0.717) is 24.5 Å². The smallest absolute Gasteiger partial charge is 0.322 e. The van der Waals surface area contributed by atoms with Crippen molar-refractivity contribution in [3.05, 3.63) is 35.4 Å². The summed E-state index contributed by atoms with van der Waals surface area (Å²) in [4.78, 5) is 18.2. The molecule has 2 saturated heterocycles. The van der Waals surface area contributed by atoms with Crippen LogP contribution in [0, 0.1) is 0 Å². The van der Waals surface area contributed by atoms with E-state index in [2.05, 4.69) is 54.3 Å². The van der Waals surface area contributed by atoms with Crippen molar-refractivity contribution in [3.63, 3.8) is 0 Å². The minimum atomic E-state index is 0.354. The van der Waals surface area contributed by atoms with Gasteiger partial charge in [0.15, 0.2) is 0 Å². The Labute approximate surface area is 178 Å². The summed E-state index contributed by atoms with van der Waals surface area (Å²) in [7, 11) is 1.60. The number of nitrogens with one attached hydrogen (secondary N) is 1. The Bertz CT molecular complexity index is 804. The third kappa shape index (κ3) is 5.79. The van der Waals surface area contributed by atoms with E-state index in [4.69, 9.17) is 9.47 Å². The lowest BCUT2D eigenvalue weighted by Crippen LogP contribution is -2.35. The molecule has 3 heterocycles. The summed E-state index contributed by atoms with van der Waals surface area (Å²) < 4.78 is 10.8. The van der Waals surface area contributed by atoms with Gasteiger partial charge in [-0.1, -0.05) is 37.1 Å². The number of methoxy groups -OCH3 is 1. The van der Waals surface area contributed by atoms with E-state index in [0.717, 1.165) is 45.9 Å². The molecular formula is C22H32N6O2. The summed E-state index contributed by atoms with van der Waals surface area (Å²) in [5.41, 5.74) is 2.52. The molecule has 0 spiro atoms. The maximum Gasteiger partial charge on any atom is 0.322 e. The lowest BCUT2D eigenvalue weighted by atomic mass is 10.1. The molecule has 0 aliphatic carbocycles. The van der Waals surface area contributed by atoms with Crippen molar-refractivity contribution in [2.45, 2.75) is 38.8 Å². The van der Waals surface area contributed by atoms with Gasteiger partial charge in [-0.25, -0.2) is 0 Å². The van der Waals surface area contributed by atoms with Gasteiger partial charge in [-0.2, -0.15) is 15.0 Å². The summed E-state index contributed by atoms with van der Waals surface area (Å²) in [6.45, 7) is 7.20. The van der Waals surface area contributed by atoms with E-state index >= 15 is 0 Å². The Morgan fingerprint density at radius 2 is 1.73 bits per heavy atom. The molecule has 1 aromatic carbocycles. The zero-order valence-corrected chi connectivity index (χ0v) is 17.8. The number of nitrogens with zero attached hydrogens (tertiary/aromatic N) is 5. The van der Waals surface area contributed by atoms with E-state index < -0.39 is 0 Å². The van der Waals surface area contributed by atoms with Gasteiger partial charge in [-0.15, -0.1) is 0 Å². The highest BCUT2D eigenvalue weighted by Gasteiger charge is 2.16. The molecule has 8 nitrogen and oxygen atoms in total. The van der Waals surface area contributed by atoms with Crippen molar-refractivity contribution in [2.75, 3.05) is 56.7 Å². The number of hydrogen-bond acceptors (Lipinski definition) is 8. The summed E-state index contributed by atoms with van der Waals surface area (Å²) in [5.74, 6) is 1.26. The molecular weight excluding hydrogens is 380 g/mol. The third-order valence-electron chi connectivity index (χ3n) is 5.63. The Morgan fingerprint density at radius 3 is 2.50 bits per heavy atom. The maximum atomic E-state index is 5.44. The van der Waals surface area contributed by atoms with Gasteiger partial charge in [0.2, 0.25) is 11.9 Å². The molecule has 4 rings (SSSR count). The summed E-state index contributed by atoms with van der Waals surface area (Å²) in [5, 5.41) is 3.36.